The predicted molar refractivity (Wildman–Crippen MR) is 54.9 cm³/mol. The summed E-state index contributed by atoms with van der Waals surface area (Å²) in [5, 5.41) is 4.01. The van der Waals surface area contributed by atoms with Crippen molar-refractivity contribution in [3.05, 3.63) is 11.6 Å². The third-order valence-electron chi connectivity index (χ3n) is 1.52. The molecule has 0 bridgehead atoms. The lowest BCUT2D eigenvalue weighted by molar-refractivity contribution is 0.173. The van der Waals surface area contributed by atoms with Crippen LogP contribution in [-0.4, -0.2) is 23.8 Å². The van der Waals surface area contributed by atoms with E-state index in [1.165, 1.54) is 22.8 Å². The summed E-state index contributed by atoms with van der Waals surface area (Å²) in [5.41, 5.74) is 2.62. The molecule has 0 saturated carbocycles. The highest BCUT2D eigenvalue weighted by Crippen LogP contribution is 2.14. The second kappa shape index (κ2) is 6.38. The molecule has 0 aliphatic carbocycles. The molecular weight excluding hydrogens is 194 g/mol. The van der Waals surface area contributed by atoms with Crippen LogP contribution in [-0.2, 0) is 4.84 Å². The number of hydrogen-bond acceptors (Lipinski definition) is 3. The molecule has 1 heterocycles. The Labute approximate surface area is 82.0 Å². The smallest absolute Gasteiger partial charge is 0.136 e. The number of oxime groups is 1. The number of thioether (sulfide) groups is 1. The molecule has 68 valence electrons. The van der Waals surface area contributed by atoms with E-state index in [9.17, 15) is 0 Å². The molecule has 1 fully saturated rings. The average Bonchev–Trinajstić information content (AvgIpc) is 2.14. The van der Waals surface area contributed by atoms with E-state index in [4.69, 9.17) is 16.4 Å². The van der Waals surface area contributed by atoms with Crippen molar-refractivity contribution in [2.24, 2.45) is 5.16 Å². The molecule has 0 radical (unpaired) electrons. The summed E-state index contributed by atoms with van der Waals surface area (Å²) >= 11 is 7.28. The minimum Gasteiger partial charge on any atom is -0.392 e. The van der Waals surface area contributed by atoms with Gasteiger partial charge in [0.1, 0.15) is 6.61 Å². The molecule has 0 spiro atoms. The highest BCUT2D eigenvalue weighted by atomic mass is 35.5. The Bertz CT molecular complexity index is 174. The fraction of sp³-hybridized carbons (Fsp3) is 0.625. The zero-order valence-electron chi connectivity index (χ0n) is 6.83. The maximum atomic E-state index is 5.31. The third kappa shape index (κ3) is 4.02. The Balaban J connectivity index is 2.16. The molecule has 1 aliphatic heterocycles. The molecule has 0 aromatic heterocycles. The van der Waals surface area contributed by atoms with E-state index in [1.54, 1.807) is 6.08 Å². The lowest BCUT2D eigenvalue weighted by atomic mass is 10.2. The van der Waals surface area contributed by atoms with Crippen LogP contribution in [0.25, 0.3) is 0 Å². The fourth-order valence-corrected chi connectivity index (χ4v) is 1.94. The first-order valence-electron chi connectivity index (χ1n) is 3.94. The number of hydrogen-bond donors (Lipinski definition) is 0. The van der Waals surface area contributed by atoms with E-state index >= 15 is 0 Å². The second-order valence-electron chi connectivity index (χ2n) is 2.43. The van der Waals surface area contributed by atoms with Gasteiger partial charge in [-0.3, -0.25) is 0 Å². The van der Waals surface area contributed by atoms with Crippen molar-refractivity contribution in [2.45, 2.75) is 12.8 Å². The molecule has 0 unspecified atom stereocenters. The van der Waals surface area contributed by atoms with Crippen LogP contribution < -0.4 is 0 Å². The maximum absolute atomic E-state index is 5.31. The fourth-order valence-electron chi connectivity index (χ4n) is 0.906. The molecule has 1 saturated heterocycles. The summed E-state index contributed by atoms with van der Waals surface area (Å²) in [4.78, 5) is 5.02. The van der Waals surface area contributed by atoms with E-state index in [-0.39, 0.29) is 0 Å². The normalized spacial score (nSPS) is 18.2. The third-order valence-corrected chi connectivity index (χ3v) is 2.69. The van der Waals surface area contributed by atoms with Gasteiger partial charge in [-0.25, -0.2) is 0 Å². The van der Waals surface area contributed by atoms with Gasteiger partial charge in [-0.05, 0) is 30.4 Å². The molecule has 0 N–H and O–H groups in total. The van der Waals surface area contributed by atoms with Gasteiger partial charge in [-0.2, -0.15) is 11.8 Å². The van der Waals surface area contributed by atoms with E-state index in [2.05, 4.69) is 5.16 Å². The van der Waals surface area contributed by atoms with Crippen LogP contribution in [0.15, 0.2) is 16.8 Å². The first-order chi connectivity index (χ1) is 5.93. The van der Waals surface area contributed by atoms with E-state index in [1.807, 2.05) is 11.8 Å². The van der Waals surface area contributed by atoms with Gasteiger partial charge in [0.15, 0.2) is 0 Å². The van der Waals surface area contributed by atoms with Crippen LogP contribution in [0.3, 0.4) is 0 Å². The number of halogens is 1. The van der Waals surface area contributed by atoms with Crippen molar-refractivity contribution in [3.63, 3.8) is 0 Å². The van der Waals surface area contributed by atoms with Gasteiger partial charge in [0.2, 0.25) is 0 Å². The maximum Gasteiger partial charge on any atom is 0.136 e. The summed E-state index contributed by atoms with van der Waals surface area (Å²) in [6, 6.07) is 0. The van der Waals surface area contributed by atoms with Crippen molar-refractivity contribution < 1.29 is 4.84 Å². The Morgan fingerprint density at radius 2 is 2.25 bits per heavy atom. The van der Waals surface area contributed by atoms with Crippen molar-refractivity contribution >= 4 is 29.1 Å². The van der Waals surface area contributed by atoms with Gasteiger partial charge < -0.3 is 4.84 Å². The average molecular weight is 206 g/mol. The van der Waals surface area contributed by atoms with Crippen LogP contribution in [0.4, 0.5) is 0 Å². The van der Waals surface area contributed by atoms with Crippen LogP contribution in [0.1, 0.15) is 12.8 Å². The summed E-state index contributed by atoms with van der Waals surface area (Å²) in [6.07, 6.45) is 3.85. The van der Waals surface area contributed by atoms with Crippen molar-refractivity contribution in [2.75, 3.05) is 18.1 Å². The number of nitrogens with zero attached hydrogens (tertiary/aromatic N) is 1. The minimum absolute atomic E-state index is 0.472. The topological polar surface area (TPSA) is 21.6 Å². The van der Waals surface area contributed by atoms with Crippen molar-refractivity contribution in [1.29, 1.82) is 0 Å². The highest BCUT2D eigenvalue weighted by Gasteiger charge is 2.06. The largest absolute Gasteiger partial charge is 0.392 e. The first kappa shape index (κ1) is 9.93. The first-order valence-corrected chi connectivity index (χ1v) is 5.53. The summed E-state index contributed by atoms with van der Waals surface area (Å²) in [6.45, 7) is 0.472. The van der Waals surface area contributed by atoms with Crippen LogP contribution in [0, 0.1) is 0 Å². The lowest BCUT2D eigenvalue weighted by Crippen LogP contribution is -2.08. The Hall–Kier alpha value is -0.150. The zero-order valence-corrected chi connectivity index (χ0v) is 8.40. The Morgan fingerprint density at radius 1 is 1.50 bits per heavy atom. The predicted octanol–water partition coefficient (Wildman–Crippen LogP) is 2.64. The molecule has 0 aromatic rings. The van der Waals surface area contributed by atoms with Gasteiger partial charge in [-0.1, -0.05) is 16.8 Å². The molecule has 4 heteroatoms. The van der Waals surface area contributed by atoms with Crippen LogP contribution in [0.5, 0.6) is 0 Å². The van der Waals surface area contributed by atoms with Gasteiger partial charge in [0.05, 0.1) is 5.71 Å². The van der Waals surface area contributed by atoms with E-state index in [0.717, 1.165) is 12.8 Å². The zero-order chi connectivity index (χ0) is 8.65. The molecular formula is C8H12ClNOS. The number of rotatable bonds is 3. The van der Waals surface area contributed by atoms with Crippen molar-refractivity contribution in [3.8, 4) is 0 Å². The Morgan fingerprint density at radius 3 is 2.92 bits per heavy atom. The van der Waals surface area contributed by atoms with Crippen LogP contribution >= 0.6 is 23.4 Å². The van der Waals surface area contributed by atoms with E-state index < -0.39 is 0 Å². The molecule has 1 rings (SSSR count). The molecule has 12 heavy (non-hydrogen) atoms. The van der Waals surface area contributed by atoms with E-state index in [0.29, 0.717) is 6.61 Å². The summed E-state index contributed by atoms with van der Waals surface area (Å²) in [5.74, 6) is 2.35. The SMILES string of the molecule is Cl/C=C/CON=C1CCSCC1. The van der Waals surface area contributed by atoms with Gasteiger partial charge in [-0.15, -0.1) is 0 Å². The molecule has 2 nitrogen and oxygen atoms in total. The summed E-state index contributed by atoms with van der Waals surface area (Å²) < 4.78 is 0. The molecule has 0 amide bonds. The Kier molecular flexibility index (Phi) is 5.28. The highest BCUT2D eigenvalue weighted by molar-refractivity contribution is 7.99. The quantitative estimate of drug-likeness (QED) is 0.522. The minimum atomic E-state index is 0.472. The monoisotopic (exact) mass is 205 g/mol. The summed E-state index contributed by atoms with van der Waals surface area (Å²) in [7, 11) is 0. The lowest BCUT2D eigenvalue weighted by Gasteiger charge is -2.10. The van der Waals surface area contributed by atoms with Gasteiger partial charge in [0.25, 0.3) is 0 Å². The van der Waals surface area contributed by atoms with Crippen molar-refractivity contribution in [1.82, 2.24) is 0 Å². The van der Waals surface area contributed by atoms with Gasteiger partial charge >= 0.3 is 0 Å². The molecule has 0 aromatic carbocycles. The standard InChI is InChI=1S/C8H12ClNOS/c9-4-1-5-11-10-8-2-6-12-7-3-8/h1,4H,2-3,5-7H2/b4-1+. The molecule has 1 aliphatic rings. The van der Waals surface area contributed by atoms with Gasteiger partial charge in [0, 0.05) is 5.54 Å². The molecule has 0 atom stereocenters. The second-order valence-corrected chi connectivity index (χ2v) is 3.90. The van der Waals surface area contributed by atoms with Crippen LogP contribution in [0.2, 0.25) is 0 Å².